The molecular weight excluding hydrogens is 215 g/mol. The van der Waals surface area contributed by atoms with E-state index in [1.165, 1.54) is 6.92 Å². The van der Waals surface area contributed by atoms with Gasteiger partial charge in [0, 0.05) is 0 Å². The highest BCUT2D eigenvalue weighted by molar-refractivity contribution is 7.46. The second kappa shape index (κ2) is 4.24. The fourth-order valence-corrected chi connectivity index (χ4v) is 1.75. The largest absolute Gasteiger partial charge is 0.470 e. The van der Waals surface area contributed by atoms with E-state index in [0.29, 0.717) is 0 Å². The number of ether oxygens (including phenoxy) is 1. The third-order valence-corrected chi connectivity index (χ3v) is 2.36. The predicted octanol–water partition coefficient (Wildman–Crippen LogP) is -1.23. The fraction of sp³-hybridized carbons (Fsp3) is 0.833. The molecule has 0 aliphatic carbocycles. The van der Waals surface area contributed by atoms with Gasteiger partial charge in [0.05, 0.1) is 6.10 Å². The Morgan fingerprint density at radius 3 is 2.50 bits per heavy atom. The molecule has 0 aromatic rings. The average Bonchev–Trinajstić information content (AvgIpc) is 2.04. The Balaban J connectivity index is 2.68. The molecule has 0 spiro atoms. The smallest absolute Gasteiger partial charge is 0.387 e. The summed E-state index contributed by atoms with van der Waals surface area (Å²) >= 11 is 0. The van der Waals surface area contributed by atoms with Crippen molar-refractivity contribution in [2.75, 3.05) is 0 Å². The van der Waals surface area contributed by atoms with Crippen LogP contribution in [0.5, 0.6) is 0 Å². The molecule has 1 radical (unpaired) electrons. The van der Waals surface area contributed by atoms with Gasteiger partial charge in [0.15, 0.2) is 0 Å². The van der Waals surface area contributed by atoms with Crippen LogP contribution >= 0.6 is 7.82 Å². The van der Waals surface area contributed by atoms with Gasteiger partial charge in [-0.2, -0.15) is 0 Å². The molecule has 83 valence electrons. The summed E-state index contributed by atoms with van der Waals surface area (Å²) in [5.41, 5.74) is 0. The van der Waals surface area contributed by atoms with Crippen molar-refractivity contribution >= 4 is 7.82 Å². The molecule has 0 aromatic carbocycles. The minimum absolute atomic E-state index is 0.735. The van der Waals surface area contributed by atoms with E-state index in [4.69, 9.17) is 19.6 Å². The summed E-state index contributed by atoms with van der Waals surface area (Å²) in [6.07, 6.45) is -4.72. The van der Waals surface area contributed by atoms with Crippen molar-refractivity contribution in [2.45, 2.75) is 31.3 Å². The standard InChI is InChI=1S/C6H12O7P/c1-3-6(13-14(9,10)11)5(8)4(7)2-12-3/h2-8H,1H3,(H2,9,10,11)/t3-,4+,5-,6+/m0/s1. The number of aliphatic hydroxyl groups is 2. The highest BCUT2D eigenvalue weighted by Crippen LogP contribution is 2.40. The molecule has 0 aromatic heterocycles. The Morgan fingerprint density at radius 1 is 1.43 bits per heavy atom. The summed E-state index contributed by atoms with van der Waals surface area (Å²) in [7, 11) is -4.70. The lowest BCUT2D eigenvalue weighted by Gasteiger charge is -2.35. The maximum absolute atomic E-state index is 10.5. The first-order chi connectivity index (χ1) is 6.31. The Kier molecular flexibility index (Phi) is 3.65. The van der Waals surface area contributed by atoms with E-state index in [9.17, 15) is 9.67 Å². The monoisotopic (exact) mass is 227 g/mol. The zero-order chi connectivity index (χ0) is 10.9. The number of phosphoric ester groups is 1. The number of aliphatic hydroxyl groups excluding tert-OH is 2. The molecule has 0 saturated carbocycles. The molecule has 4 N–H and O–H groups in total. The van der Waals surface area contributed by atoms with Crippen molar-refractivity contribution in [3.63, 3.8) is 0 Å². The van der Waals surface area contributed by atoms with Crippen LogP contribution in [0.15, 0.2) is 0 Å². The number of hydrogen-bond donors (Lipinski definition) is 4. The molecular formula is C6H12O7P. The van der Waals surface area contributed by atoms with Crippen LogP contribution in [-0.2, 0) is 13.8 Å². The van der Waals surface area contributed by atoms with E-state index >= 15 is 0 Å². The van der Waals surface area contributed by atoms with Crippen molar-refractivity contribution in [3.05, 3.63) is 6.61 Å². The molecule has 4 atom stereocenters. The van der Waals surface area contributed by atoms with Gasteiger partial charge in [-0.05, 0) is 6.92 Å². The highest BCUT2D eigenvalue weighted by Gasteiger charge is 2.41. The van der Waals surface area contributed by atoms with Crippen LogP contribution in [0, 0.1) is 6.61 Å². The van der Waals surface area contributed by atoms with Gasteiger partial charge >= 0.3 is 7.82 Å². The van der Waals surface area contributed by atoms with Crippen molar-refractivity contribution < 1.29 is 33.8 Å². The Morgan fingerprint density at radius 2 is 2.00 bits per heavy atom. The summed E-state index contributed by atoms with van der Waals surface area (Å²) in [5.74, 6) is 0. The van der Waals surface area contributed by atoms with Gasteiger partial charge < -0.3 is 24.7 Å². The van der Waals surface area contributed by atoms with Crippen LogP contribution in [0.1, 0.15) is 6.92 Å². The van der Waals surface area contributed by atoms with Gasteiger partial charge in [0.1, 0.15) is 24.9 Å². The van der Waals surface area contributed by atoms with E-state index < -0.39 is 32.2 Å². The molecule has 7 nitrogen and oxygen atoms in total. The average molecular weight is 227 g/mol. The molecule has 0 unspecified atom stereocenters. The molecule has 1 heterocycles. The lowest BCUT2D eigenvalue weighted by Crippen LogP contribution is -2.50. The number of hydrogen-bond acceptors (Lipinski definition) is 5. The van der Waals surface area contributed by atoms with Gasteiger partial charge in [0.25, 0.3) is 0 Å². The fourth-order valence-electron chi connectivity index (χ4n) is 1.14. The summed E-state index contributed by atoms with van der Waals surface area (Å²) in [6, 6.07) is 0. The lowest BCUT2D eigenvalue weighted by molar-refractivity contribution is -0.150. The first-order valence-corrected chi connectivity index (χ1v) is 5.43. The Hall–Kier alpha value is -0.0100. The van der Waals surface area contributed by atoms with Crippen molar-refractivity contribution in [3.8, 4) is 0 Å². The molecule has 1 saturated heterocycles. The molecule has 0 bridgehead atoms. The minimum atomic E-state index is -4.70. The van der Waals surface area contributed by atoms with E-state index in [1.54, 1.807) is 0 Å². The molecule has 14 heavy (non-hydrogen) atoms. The second-order valence-electron chi connectivity index (χ2n) is 3.02. The van der Waals surface area contributed by atoms with Crippen LogP contribution in [0.2, 0.25) is 0 Å². The van der Waals surface area contributed by atoms with Gasteiger partial charge in [-0.25, -0.2) is 4.57 Å². The molecule has 1 aliphatic rings. The second-order valence-corrected chi connectivity index (χ2v) is 4.21. The quantitative estimate of drug-likeness (QED) is 0.436. The van der Waals surface area contributed by atoms with Crippen molar-refractivity contribution in [2.24, 2.45) is 0 Å². The van der Waals surface area contributed by atoms with Gasteiger partial charge in [-0.15, -0.1) is 0 Å². The van der Waals surface area contributed by atoms with E-state index in [2.05, 4.69) is 4.52 Å². The third kappa shape index (κ3) is 2.99. The molecule has 1 aliphatic heterocycles. The molecule has 0 amide bonds. The molecule has 1 fully saturated rings. The summed E-state index contributed by atoms with van der Waals surface area (Å²) in [5, 5.41) is 18.4. The molecule has 1 rings (SSSR count). The summed E-state index contributed by atoms with van der Waals surface area (Å²) in [4.78, 5) is 17.0. The first-order valence-electron chi connectivity index (χ1n) is 3.90. The number of rotatable bonds is 2. The van der Waals surface area contributed by atoms with Crippen LogP contribution in [0.25, 0.3) is 0 Å². The maximum Gasteiger partial charge on any atom is 0.470 e. The van der Waals surface area contributed by atoms with Crippen molar-refractivity contribution in [1.82, 2.24) is 0 Å². The van der Waals surface area contributed by atoms with Gasteiger partial charge in [0.2, 0.25) is 0 Å². The van der Waals surface area contributed by atoms with Crippen molar-refractivity contribution in [1.29, 1.82) is 0 Å². The van der Waals surface area contributed by atoms with E-state index in [-0.39, 0.29) is 0 Å². The van der Waals surface area contributed by atoms with Crippen LogP contribution in [0.4, 0.5) is 0 Å². The maximum atomic E-state index is 10.5. The van der Waals surface area contributed by atoms with E-state index in [0.717, 1.165) is 6.61 Å². The Labute approximate surface area is 80.5 Å². The highest BCUT2D eigenvalue weighted by atomic mass is 31.2. The summed E-state index contributed by atoms with van der Waals surface area (Å²) in [6.45, 7) is 2.46. The van der Waals surface area contributed by atoms with Gasteiger partial charge in [-0.1, -0.05) is 0 Å². The van der Waals surface area contributed by atoms with Crippen LogP contribution < -0.4 is 0 Å². The normalized spacial score (nSPS) is 39.8. The third-order valence-electron chi connectivity index (χ3n) is 1.84. The zero-order valence-electron chi connectivity index (χ0n) is 7.35. The topological polar surface area (TPSA) is 116 Å². The van der Waals surface area contributed by atoms with Gasteiger partial charge in [-0.3, -0.25) is 4.52 Å². The number of phosphoric acid groups is 1. The van der Waals surface area contributed by atoms with Crippen LogP contribution in [0.3, 0.4) is 0 Å². The summed E-state index contributed by atoms with van der Waals surface area (Å²) < 4.78 is 19.6. The first kappa shape index (κ1) is 12.1. The SMILES string of the molecule is C[C@@H]1O[CH][C@@H](O)[C@H](O)[C@@H]1OP(=O)(O)O. The molecule has 8 heteroatoms. The predicted molar refractivity (Wildman–Crippen MR) is 43.8 cm³/mol. The lowest BCUT2D eigenvalue weighted by atomic mass is 10.0. The van der Waals surface area contributed by atoms with Crippen LogP contribution in [-0.4, -0.2) is 44.4 Å². The van der Waals surface area contributed by atoms with E-state index in [1.807, 2.05) is 0 Å². The Bertz CT molecular complexity index is 238. The zero-order valence-corrected chi connectivity index (χ0v) is 8.24. The minimum Gasteiger partial charge on any atom is -0.387 e.